The molecule has 0 spiro atoms. The molecule has 0 saturated carbocycles. The highest BCUT2D eigenvalue weighted by Gasteiger charge is 2.14. The Balaban J connectivity index is 1.88. The Bertz CT molecular complexity index is 741. The van der Waals surface area contributed by atoms with Gasteiger partial charge in [0.25, 0.3) is 0 Å². The average molecular weight is 296 g/mol. The molecule has 0 radical (unpaired) electrons. The summed E-state index contributed by atoms with van der Waals surface area (Å²) >= 11 is 1.88. The van der Waals surface area contributed by atoms with E-state index in [1.54, 1.807) is 0 Å². The predicted molar refractivity (Wildman–Crippen MR) is 91.0 cm³/mol. The monoisotopic (exact) mass is 296 g/mol. The number of pyridine rings is 1. The van der Waals surface area contributed by atoms with E-state index in [2.05, 4.69) is 55.6 Å². The first-order chi connectivity index (χ1) is 10.2. The molecule has 1 atom stereocenters. The number of aromatic nitrogens is 1. The lowest BCUT2D eigenvalue weighted by molar-refractivity contribution is 0.595. The van der Waals surface area contributed by atoms with Crippen molar-refractivity contribution in [1.29, 1.82) is 0 Å². The zero-order valence-corrected chi connectivity index (χ0v) is 13.5. The van der Waals surface area contributed by atoms with Crippen LogP contribution >= 0.6 is 11.3 Å². The summed E-state index contributed by atoms with van der Waals surface area (Å²) in [6.07, 6.45) is 0.917. The van der Waals surface area contributed by atoms with Crippen molar-refractivity contribution in [2.75, 3.05) is 7.05 Å². The third-order valence-corrected chi connectivity index (χ3v) is 5.21. The number of thiophene rings is 1. The SMILES string of the molecule is CNC(Cc1ccc2ccccc2n1)c1cc(C)c(C)s1. The zero-order valence-electron chi connectivity index (χ0n) is 12.7. The second kappa shape index (κ2) is 5.96. The molecular weight excluding hydrogens is 276 g/mol. The van der Waals surface area contributed by atoms with Crippen molar-refractivity contribution in [3.8, 4) is 0 Å². The maximum atomic E-state index is 4.78. The number of para-hydroxylation sites is 1. The van der Waals surface area contributed by atoms with Crippen molar-refractivity contribution in [3.05, 3.63) is 63.5 Å². The summed E-state index contributed by atoms with van der Waals surface area (Å²) in [4.78, 5) is 7.57. The van der Waals surface area contributed by atoms with E-state index in [1.165, 1.54) is 20.7 Å². The minimum absolute atomic E-state index is 0.330. The second-order valence-electron chi connectivity index (χ2n) is 5.43. The molecule has 2 aromatic heterocycles. The molecule has 0 aliphatic heterocycles. The molecular formula is C18H20N2S. The topological polar surface area (TPSA) is 24.9 Å². The number of hydrogen-bond acceptors (Lipinski definition) is 3. The van der Waals surface area contributed by atoms with E-state index < -0.39 is 0 Å². The van der Waals surface area contributed by atoms with E-state index in [4.69, 9.17) is 4.98 Å². The molecule has 0 fully saturated rings. The molecule has 1 aromatic carbocycles. The van der Waals surface area contributed by atoms with Gasteiger partial charge >= 0.3 is 0 Å². The van der Waals surface area contributed by atoms with Gasteiger partial charge in [-0.1, -0.05) is 24.3 Å². The summed E-state index contributed by atoms with van der Waals surface area (Å²) in [6.45, 7) is 4.36. The van der Waals surface area contributed by atoms with Gasteiger partial charge in [0.2, 0.25) is 0 Å². The van der Waals surface area contributed by atoms with Gasteiger partial charge in [-0.2, -0.15) is 0 Å². The number of nitrogens with one attached hydrogen (secondary N) is 1. The van der Waals surface area contributed by atoms with Gasteiger partial charge in [0.05, 0.1) is 5.52 Å². The molecule has 3 rings (SSSR count). The van der Waals surface area contributed by atoms with Gasteiger partial charge in [0, 0.05) is 33.3 Å². The predicted octanol–water partition coefficient (Wildman–Crippen LogP) is 4.42. The third-order valence-electron chi connectivity index (χ3n) is 3.95. The van der Waals surface area contributed by atoms with Crippen LogP contribution in [0.4, 0.5) is 0 Å². The van der Waals surface area contributed by atoms with E-state index in [0.29, 0.717) is 6.04 Å². The highest BCUT2D eigenvalue weighted by molar-refractivity contribution is 7.12. The van der Waals surface area contributed by atoms with Crippen LogP contribution in [0.1, 0.15) is 27.1 Å². The summed E-state index contributed by atoms with van der Waals surface area (Å²) < 4.78 is 0. The number of likely N-dealkylation sites (N-methyl/N-ethyl adjacent to an activating group) is 1. The van der Waals surface area contributed by atoms with Crippen molar-refractivity contribution < 1.29 is 0 Å². The molecule has 3 heteroatoms. The largest absolute Gasteiger partial charge is 0.312 e. The minimum atomic E-state index is 0.330. The first-order valence-electron chi connectivity index (χ1n) is 7.26. The summed E-state index contributed by atoms with van der Waals surface area (Å²) in [7, 11) is 2.02. The van der Waals surface area contributed by atoms with Crippen LogP contribution in [0.25, 0.3) is 10.9 Å². The molecule has 0 aliphatic rings. The standard InChI is InChI=1S/C18H20N2S/c1-12-10-18(21-13(12)2)17(19-3)11-15-9-8-14-6-4-5-7-16(14)20-15/h4-10,17,19H,11H2,1-3H3. The van der Waals surface area contributed by atoms with Crippen molar-refractivity contribution in [3.63, 3.8) is 0 Å². The molecule has 21 heavy (non-hydrogen) atoms. The van der Waals surface area contributed by atoms with E-state index in [0.717, 1.165) is 17.6 Å². The van der Waals surface area contributed by atoms with Crippen molar-refractivity contribution >= 4 is 22.2 Å². The van der Waals surface area contributed by atoms with Crippen LogP contribution in [0.5, 0.6) is 0 Å². The maximum absolute atomic E-state index is 4.78. The third kappa shape index (κ3) is 2.99. The van der Waals surface area contributed by atoms with Crippen LogP contribution in [-0.4, -0.2) is 12.0 Å². The van der Waals surface area contributed by atoms with Crippen LogP contribution in [0.2, 0.25) is 0 Å². The molecule has 3 aromatic rings. The van der Waals surface area contributed by atoms with Crippen LogP contribution in [0, 0.1) is 13.8 Å². The highest BCUT2D eigenvalue weighted by atomic mass is 32.1. The molecule has 1 unspecified atom stereocenters. The van der Waals surface area contributed by atoms with Crippen molar-refractivity contribution in [1.82, 2.24) is 10.3 Å². The van der Waals surface area contributed by atoms with E-state index in [9.17, 15) is 0 Å². The van der Waals surface area contributed by atoms with Crippen molar-refractivity contribution in [2.45, 2.75) is 26.3 Å². The van der Waals surface area contributed by atoms with Crippen LogP contribution < -0.4 is 5.32 Å². The Morgan fingerprint density at radius 1 is 1.14 bits per heavy atom. The zero-order chi connectivity index (χ0) is 14.8. The Morgan fingerprint density at radius 3 is 2.67 bits per heavy atom. The number of aryl methyl sites for hydroxylation is 2. The molecule has 2 heterocycles. The molecule has 1 N–H and O–H groups in total. The minimum Gasteiger partial charge on any atom is -0.312 e. The smallest absolute Gasteiger partial charge is 0.0705 e. The summed E-state index contributed by atoms with van der Waals surface area (Å²) in [5.74, 6) is 0. The number of fused-ring (bicyclic) bond motifs is 1. The maximum Gasteiger partial charge on any atom is 0.0705 e. The Kier molecular flexibility index (Phi) is 4.04. The van der Waals surface area contributed by atoms with Gasteiger partial charge in [0.15, 0.2) is 0 Å². The fourth-order valence-corrected chi connectivity index (χ4v) is 3.70. The molecule has 2 nitrogen and oxygen atoms in total. The quantitative estimate of drug-likeness (QED) is 0.771. The second-order valence-corrected chi connectivity index (χ2v) is 6.72. The Hall–Kier alpha value is -1.71. The van der Waals surface area contributed by atoms with Crippen molar-refractivity contribution in [2.24, 2.45) is 0 Å². The van der Waals surface area contributed by atoms with Crippen LogP contribution in [-0.2, 0) is 6.42 Å². The first-order valence-corrected chi connectivity index (χ1v) is 8.08. The van der Waals surface area contributed by atoms with E-state index in [-0.39, 0.29) is 0 Å². The highest BCUT2D eigenvalue weighted by Crippen LogP contribution is 2.28. The fourth-order valence-electron chi connectivity index (χ4n) is 2.55. The van der Waals surface area contributed by atoms with Gasteiger partial charge in [-0.25, -0.2) is 0 Å². The lowest BCUT2D eigenvalue weighted by atomic mass is 10.1. The lowest BCUT2D eigenvalue weighted by Crippen LogP contribution is -2.18. The fraction of sp³-hybridized carbons (Fsp3) is 0.278. The molecule has 0 amide bonds. The summed E-state index contributed by atoms with van der Waals surface area (Å²) in [5, 5.41) is 4.62. The summed E-state index contributed by atoms with van der Waals surface area (Å²) in [5.41, 5.74) is 3.59. The van der Waals surface area contributed by atoms with Gasteiger partial charge < -0.3 is 5.32 Å². The van der Waals surface area contributed by atoms with Crippen LogP contribution in [0.3, 0.4) is 0 Å². The number of benzene rings is 1. The lowest BCUT2D eigenvalue weighted by Gasteiger charge is -2.14. The molecule has 0 aliphatic carbocycles. The van der Waals surface area contributed by atoms with Gasteiger partial charge in [0.1, 0.15) is 0 Å². The van der Waals surface area contributed by atoms with Crippen LogP contribution in [0.15, 0.2) is 42.5 Å². The molecule has 0 saturated heterocycles. The molecule has 108 valence electrons. The Morgan fingerprint density at radius 2 is 1.95 bits per heavy atom. The average Bonchev–Trinajstić information content (AvgIpc) is 2.84. The van der Waals surface area contributed by atoms with Gasteiger partial charge in [-0.15, -0.1) is 11.3 Å². The number of nitrogens with zero attached hydrogens (tertiary/aromatic N) is 1. The summed E-state index contributed by atoms with van der Waals surface area (Å²) in [6, 6.07) is 15.2. The number of rotatable bonds is 4. The van der Waals surface area contributed by atoms with Gasteiger partial charge in [-0.05, 0) is 44.7 Å². The normalized spacial score (nSPS) is 12.7. The van der Waals surface area contributed by atoms with E-state index >= 15 is 0 Å². The first kappa shape index (κ1) is 14.2. The Labute approximate surface area is 129 Å². The molecule has 0 bridgehead atoms. The van der Waals surface area contributed by atoms with Gasteiger partial charge in [-0.3, -0.25) is 4.98 Å². The van der Waals surface area contributed by atoms with E-state index in [1.807, 2.05) is 24.5 Å². The number of hydrogen-bond donors (Lipinski definition) is 1.